The van der Waals surface area contributed by atoms with Crippen molar-refractivity contribution >= 4 is 5.91 Å². The summed E-state index contributed by atoms with van der Waals surface area (Å²) in [6.07, 6.45) is 4.22. The Bertz CT molecular complexity index is 667. The third-order valence-corrected chi connectivity index (χ3v) is 4.17. The molecule has 6 nitrogen and oxygen atoms in total. The van der Waals surface area contributed by atoms with Crippen molar-refractivity contribution in [2.45, 2.75) is 26.3 Å². The molecule has 2 heterocycles. The summed E-state index contributed by atoms with van der Waals surface area (Å²) in [5, 5.41) is 0. The highest BCUT2D eigenvalue weighted by molar-refractivity contribution is 5.93. The Kier molecular flexibility index (Phi) is 6.40. The maximum absolute atomic E-state index is 11.3. The molecule has 0 aliphatic heterocycles. The molecule has 128 valence electrons. The van der Waals surface area contributed by atoms with Gasteiger partial charge in [-0.3, -0.25) is 14.8 Å². The standard InChI is InChI=1S/C18H25N5O/c1-3-23(4-2)10-8-15(19)14-5-6-16(22-12-14)17-11-13(18(20)24)7-9-21-17/h5-7,9,11-12,15H,3-4,8,10,19H2,1-2H3,(H2,20,24). The fraction of sp³-hybridized carbons (Fsp3) is 0.389. The van der Waals surface area contributed by atoms with Crippen molar-refractivity contribution in [1.29, 1.82) is 0 Å². The molecule has 0 aliphatic carbocycles. The van der Waals surface area contributed by atoms with Gasteiger partial charge < -0.3 is 16.4 Å². The van der Waals surface area contributed by atoms with E-state index in [1.54, 1.807) is 24.5 Å². The molecule has 0 radical (unpaired) electrons. The third kappa shape index (κ3) is 4.59. The lowest BCUT2D eigenvalue weighted by molar-refractivity contribution is 0.1000. The first-order valence-electron chi connectivity index (χ1n) is 8.25. The van der Waals surface area contributed by atoms with Gasteiger partial charge in [-0.25, -0.2) is 0 Å². The predicted octanol–water partition coefficient (Wildman–Crippen LogP) is 1.97. The van der Waals surface area contributed by atoms with E-state index in [9.17, 15) is 4.79 Å². The highest BCUT2D eigenvalue weighted by atomic mass is 16.1. The molecular weight excluding hydrogens is 302 g/mol. The van der Waals surface area contributed by atoms with Crippen molar-refractivity contribution < 1.29 is 4.79 Å². The summed E-state index contributed by atoms with van der Waals surface area (Å²) >= 11 is 0. The average molecular weight is 327 g/mol. The molecule has 1 unspecified atom stereocenters. The van der Waals surface area contributed by atoms with E-state index in [2.05, 4.69) is 28.7 Å². The van der Waals surface area contributed by atoms with E-state index in [1.165, 1.54) is 0 Å². The zero-order valence-electron chi connectivity index (χ0n) is 14.3. The molecule has 0 bridgehead atoms. The van der Waals surface area contributed by atoms with E-state index < -0.39 is 5.91 Å². The number of amides is 1. The molecule has 0 saturated heterocycles. The Morgan fingerprint density at radius 1 is 1.17 bits per heavy atom. The van der Waals surface area contributed by atoms with Crippen LogP contribution in [0.1, 0.15) is 42.2 Å². The monoisotopic (exact) mass is 327 g/mol. The smallest absolute Gasteiger partial charge is 0.248 e. The maximum Gasteiger partial charge on any atom is 0.248 e. The summed E-state index contributed by atoms with van der Waals surface area (Å²) in [5.41, 5.74) is 14.3. The van der Waals surface area contributed by atoms with E-state index in [-0.39, 0.29) is 6.04 Å². The summed E-state index contributed by atoms with van der Waals surface area (Å²) in [7, 11) is 0. The topological polar surface area (TPSA) is 98.1 Å². The van der Waals surface area contributed by atoms with Crippen LogP contribution in [0.2, 0.25) is 0 Å². The normalized spacial score (nSPS) is 12.3. The molecule has 2 aromatic heterocycles. The van der Waals surface area contributed by atoms with Gasteiger partial charge in [0.25, 0.3) is 0 Å². The van der Waals surface area contributed by atoms with Crippen LogP contribution in [0.5, 0.6) is 0 Å². The molecule has 1 amide bonds. The quantitative estimate of drug-likeness (QED) is 0.772. The molecule has 24 heavy (non-hydrogen) atoms. The minimum atomic E-state index is -0.478. The van der Waals surface area contributed by atoms with E-state index in [0.717, 1.165) is 31.6 Å². The molecule has 2 rings (SSSR count). The summed E-state index contributed by atoms with van der Waals surface area (Å²) in [4.78, 5) is 22.3. The lowest BCUT2D eigenvalue weighted by Crippen LogP contribution is -2.27. The summed E-state index contributed by atoms with van der Waals surface area (Å²) in [6.45, 7) is 7.33. The highest BCUT2D eigenvalue weighted by Crippen LogP contribution is 2.19. The van der Waals surface area contributed by atoms with E-state index in [4.69, 9.17) is 11.5 Å². The van der Waals surface area contributed by atoms with Crippen LogP contribution in [-0.4, -0.2) is 40.4 Å². The first-order valence-corrected chi connectivity index (χ1v) is 8.25. The molecule has 1 atom stereocenters. The number of hydrogen-bond acceptors (Lipinski definition) is 5. The van der Waals surface area contributed by atoms with Crippen LogP contribution in [0.25, 0.3) is 11.4 Å². The van der Waals surface area contributed by atoms with Crippen molar-refractivity contribution in [3.05, 3.63) is 47.8 Å². The molecule has 6 heteroatoms. The Balaban J connectivity index is 2.07. The van der Waals surface area contributed by atoms with E-state index >= 15 is 0 Å². The zero-order chi connectivity index (χ0) is 17.5. The van der Waals surface area contributed by atoms with Crippen molar-refractivity contribution in [2.24, 2.45) is 11.5 Å². The van der Waals surface area contributed by atoms with Crippen LogP contribution < -0.4 is 11.5 Å². The Morgan fingerprint density at radius 3 is 2.50 bits per heavy atom. The van der Waals surface area contributed by atoms with Gasteiger partial charge in [0.15, 0.2) is 0 Å². The van der Waals surface area contributed by atoms with Crippen LogP contribution in [0.3, 0.4) is 0 Å². The Labute approximate surface area is 142 Å². The van der Waals surface area contributed by atoms with Crippen LogP contribution in [-0.2, 0) is 0 Å². The highest BCUT2D eigenvalue weighted by Gasteiger charge is 2.10. The van der Waals surface area contributed by atoms with Gasteiger partial charge in [0.2, 0.25) is 5.91 Å². The largest absolute Gasteiger partial charge is 0.366 e. The minimum Gasteiger partial charge on any atom is -0.366 e. The Morgan fingerprint density at radius 2 is 1.92 bits per heavy atom. The summed E-state index contributed by atoms with van der Waals surface area (Å²) in [6, 6.07) is 7.03. The van der Waals surface area contributed by atoms with E-state index in [1.807, 2.05) is 12.1 Å². The average Bonchev–Trinajstić information content (AvgIpc) is 2.62. The molecule has 0 saturated carbocycles. The van der Waals surface area contributed by atoms with Crippen LogP contribution >= 0.6 is 0 Å². The molecule has 0 spiro atoms. The zero-order valence-corrected chi connectivity index (χ0v) is 14.3. The van der Waals surface area contributed by atoms with Crippen molar-refractivity contribution in [3.8, 4) is 11.4 Å². The first kappa shape index (κ1) is 18.0. The number of pyridine rings is 2. The second-order valence-electron chi connectivity index (χ2n) is 5.69. The second-order valence-corrected chi connectivity index (χ2v) is 5.69. The number of nitrogens with two attached hydrogens (primary N) is 2. The number of carbonyl (C=O) groups excluding carboxylic acids is 1. The number of rotatable bonds is 8. The molecular formula is C18H25N5O. The van der Waals surface area contributed by atoms with Gasteiger partial charge in [-0.1, -0.05) is 19.9 Å². The maximum atomic E-state index is 11.3. The van der Waals surface area contributed by atoms with Crippen LogP contribution in [0.4, 0.5) is 0 Å². The Hall–Kier alpha value is -2.31. The van der Waals surface area contributed by atoms with Gasteiger partial charge in [0, 0.05) is 24.0 Å². The SMILES string of the molecule is CCN(CC)CCC(N)c1ccc(-c2cc(C(N)=O)ccn2)nc1. The van der Waals surface area contributed by atoms with Gasteiger partial charge in [0.1, 0.15) is 0 Å². The summed E-state index contributed by atoms with van der Waals surface area (Å²) in [5.74, 6) is -0.478. The first-order chi connectivity index (χ1) is 11.5. The number of nitrogens with zero attached hydrogens (tertiary/aromatic N) is 3. The fourth-order valence-electron chi connectivity index (χ4n) is 2.53. The molecule has 0 aliphatic rings. The van der Waals surface area contributed by atoms with Gasteiger partial charge in [0.05, 0.1) is 11.4 Å². The minimum absolute atomic E-state index is 0.0444. The number of primary amides is 1. The van der Waals surface area contributed by atoms with Gasteiger partial charge in [-0.05, 0) is 49.8 Å². The van der Waals surface area contributed by atoms with E-state index in [0.29, 0.717) is 17.0 Å². The molecule has 0 fully saturated rings. The number of hydrogen-bond donors (Lipinski definition) is 2. The van der Waals surface area contributed by atoms with Gasteiger partial charge in [-0.2, -0.15) is 0 Å². The van der Waals surface area contributed by atoms with Crippen LogP contribution in [0, 0.1) is 0 Å². The molecule has 4 N–H and O–H groups in total. The third-order valence-electron chi connectivity index (χ3n) is 4.17. The van der Waals surface area contributed by atoms with Crippen LogP contribution in [0.15, 0.2) is 36.7 Å². The molecule has 0 aromatic carbocycles. The predicted molar refractivity (Wildman–Crippen MR) is 95.3 cm³/mol. The van der Waals surface area contributed by atoms with Crippen molar-refractivity contribution in [3.63, 3.8) is 0 Å². The number of aromatic nitrogens is 2. The van der Waals surface area contributed by atoms with Crippen molar-refractivity contribution in [2.75, 3.05) is 19.6 Å². The lowest BCUT2D eigenvalue weighted by atomic mass is 10.1. The number of carbonyl (C=O) groups is 1. The van der Waals surface area contributed by atoms with Gasteiger partial charge >= 0.3 is 0 Å². The van der Waals surface area contributed by atoms with Crippen molar-refractivity contribution in [1.82, 2.24) is 14.9 Å². The fourth-order valence-corrected chi connectivity index (χ4v) is 2.53. The molecule has 2 aromatic rings. The summed E-state index contributed by atoms with van der Waals surface area (Å²) < 4.78 is 0. The van der Waals surface area contributed by atoms with Gasteiger partial charge in [-0.15, -0.1) is 0 Å². The second kappa shape index (κ2) is 8.52. The lowest BCUT2D eigenvalue weighted by Gasteiger charge is -2.20.